The van der Waals surface area contributed by atoms with Gasteiger partial charge in [0.25, 0.3) is 0 Å². The fraction of sp³-hybridized carbons (Fsp3) is 0.200. The van der Waals surface area contributed by atoms with Crippen molar-refractivity contribution in [2.75, 3.05) is 6.61 Å². The van der Waals surface area contributed by atoms with Crippen molar-refractivity contribution in [3.63, 3.8) is 0 Å². The lowest BCUT2D eigenvalue weighted by Crippen LogP contribution is -2.04. The van der Waals surface area contributed by atoms with E-state index in [1.54, 1.807) is 30.3 Å². The summed E-state index contributed by atoms with van der Waals surface area (Å²) in [4.78, 5) is 14.5. The van der Waals surface area contributed by atoms with E-state index in [0.29, 0.717) is 22.4 Å². The Morgan fingerprint density at radius 3 is 2.57 bits per heavy atom. The molecular weight excluding hydrogens is 294 g/mol. The maximum absolute atomic E-state index is 10.4. The number of carboxylic acids is 1. The van der Waals surface area contributed by atoms with Gasteiger partial charge in [-0.25, -0.2) is 4.98 Å². The summed E-state index contributed by atoms with van der Waals surface area (Å²) in [7, 11) is 0. The summed E-state index contributed by atoms with van der Waals surface area (Å²) in [5.41, 5.74) is 0.837. The quantitative estimate of drug-likeness (QED) is 0.881. The molecule has 0 aliphatic rings. The molecule has 1 aromatic heterocycles. The van der Waals surface area contributed by atoms with E-state index in [1.165, 1.54) is 6.20 Å². The second kappa shape index (κ2) is 6.95. The fourth-order valence-corrected chi connectivity index (χ4v) is 1.82. The van der Waals surface area contributed by atoms with E-state index in [0.717, 1.165) is 5.56 Å². The molecule has 0 radical (unpaired) electrons. The first-order valence-corrected chi connectivity index (χ1v) is 6.67. The molecule has 0 amide bonds. The number of benzene rings is 1. The van der Waals surface area contributed by atoms with Gasteiger partial charge in [0.05, 0.1) is 18.1 Å². The molecular formula is C15H14ClNO4. The topological polar surface area (TPSA) is 68.7 Å². The summed E-state index contributed by atoms with van der Waals surface area (Å²) in [5, 5.41) is 9.09. The zero-order valence-corrected chi connectivity index (χ0v) is 12.1. The van der Waals surface area contributed by atoms with E-state index in [-0.39, 0.29) is 13.0 Å². The van der Waals surface area contributed by atoms with Crippen molar-refractivity contribution in [2.24, 2.45) is 0 Å². The molecule has 1 heterocycles. The Balaban J connectivity index is 1.97. The van der Waals surface area contributed by atoms with Crippen LogP contribution in [0.3, 0.4) is 0 Å². The van der Waals surface area contributed by atoms with Crippen molar-refractivity contribution < 1.29 is 19.4 Å². The number of nitrogens with zero attached hydrogens (tertiary/aromatic N) is 1. The molecule has 0 saturated carbocycles. The lowest BCUT2D eigenvalue weighted by molar-refractivity contribution is -0.137. The molecule has 0 aliphatic heterocycles. The average molecular weight is 308 g/mol. The van der Waals surface area contributed by atoms with Crippen LogP contribution >= 0.6 is 11.6 Å². The monoisotopic (exact) mass is 307 g/mol. The average Bonchev–Trinajstić information content (AvgIpc) is 2.43. The molecule has 21 heavy (non-hydrogen) atoms. The van der Waals surface area contributed by atoms with Crippen LogP contribution in [0.1, 0.15) is 12.0 Å². The number of carbonyl (C=O) groups is 1. The molecule has 2 aromatic rings. The summed E-state index contributed by atoms with van der Waals surface area (Å²) in [6.45, 7) is 1.99. The minimum atomic E-state index is -0.890. The summed E-state index contributed by atoms with van der Waals surface area (Å²) in [6.07, 6.45) is 1.49. The largest absolute Gasteiger partial charge is 0.493 e. The van der Waals surface area contributed by atoms with Crippen LogP contribution in [0.15, 0.2) is 36.5 Å². The fourth-order valence-electron chi connectivity index (χ4n) is 1.61. The first kappa shape index (κ1) is 15.1. The van der Waals surface area contributed by atoms with Crippen molar-refractivity contribution in [3.05, 3.63) is 47.1 Å². The van der Waals surface area contributed by atoms with Gasteiger partial charge in [0.2, 0.25) is 5.88 Å². The maximum Gasteiger partial charge on any atom is 0.306 e. The van der Waals surface area contributed by atoms with Crippen LogP contribution < -0.4 is 9.47 Å². The number of ether oxygens (including phenoxy) is 2. The van der Waals surface area contributed by atoms with Crippen LogP contribution in [0.2, 0.25) is 5.02 Å². The lowest BCUT2D eigenvalue weighted by atomic mass is 10.3. The maximum atomic E-state index is 10.4. The standard InChI is InChI=1S/C15H14ClNO4/c1-10-8-11(16)9-17-15(10)21-13-4-2-12(3-5-13)20-7-6-14(18)19/h2-5,8-9H,6-7H2,1H3,(H,18,19). The molecule has 6 heteroatoms. The van der Waals surface area contributed by atoms with Gasteiger partial charge in [-0.3, -0.25) is 4.79 Å². The Kier molecular flexibility index (Phi) is 5.00. The highest BCUT2D eigenvalue weighted by Gasteiger charge is 2.04. The van der Waals surface area contributed by atoms with Crippen molar-refractivity contribution in [3.8, 4) is 17.4 Å². The van der Waals surface area contributed by atoms with Gasteiger partial charge in [-0.1, -0.05) is 11.6 Å². The molecule has 0 fully saturated rings. The third kappa shape index (κ3) is 4.65. The molecule has 0 saturated heterocycles. The van der Waals surface area contributed by atoms with Crippen molar-refractivity contribution in [1.29, 1.82) is 0 Å². The smallest absolute Gasteiger partial charge is 0.306 e. The van der Waals surface area contributed by atoms with Crippen LogP contribution in [-0.2, 0) is 4.79 Å². The van der Waals surface area contributed by atoms with E-state index >= 15 is 0 Å². The molecule has 0 spiro atoms. The van der Waals surface area contributed by atoms with Crippen molar-refractivity contribution in [1.82, 2.24) is 4.98 Å². The van der Waals surface area contributed by atoms with Crippen LogP contribution in [0.5, 0.6) is 17.4 Å². The predicted molar refractivity (Wildman–Crippen MR) is 78.2 cm³/mol. The molecule has 5 nitrogen and oxygen atoms in total. The normalized spacial score (nSPS) is 10.2. The van der Waals surface area contributed by atoms with Crippen LogP contribution in [0, 0.1) is 6.92 Å². The number of pyridine rings is 1. The Labute approximate surface area is 127 Å². The number of halogens is 1. The molecule has 2 rings (SSSR count). The Morgan fingerprint density at radius 1 is 1.29 bits per heavy atom. The molecule has 0 unspecified atom stereocenters. The van der Waals surface area contributed by atoms with E-state index in [1.807, 2.05) is 6.92 Å². The minimum absolute atomic E-state index is 0.0356. The van der Waals surface area contributed by atoms with Gasteiger partial charge in [-0.15, -0.1) is 0 Å². The first-order chi connectivity index (χ1) is 10.0. The van der Waals surface area contributed by atoms with Gasteiger partial charge in [-0.2, -0.15) is 0 Å². The molecule has 0 bridgehead atoms. The summed E-state index contributed by atoms with van der Waals surface area (Å²) in [6, 6.07) is 8.65. The number of aryl methyl sites for hydroxylation is 1. The van der Waals surface area contributed by atoms with Gasteiger partial charge < -0.3 is 14.6 Å². The van der Waals surface area contributed by atoms with Gasteiger partial charge in [0, 0.05) is 11.8 Å². The SMILES string of the molecule is Cc1cc(Cl)cnc1Oc1ccc(OCCC(=O)O)cc1. The number of hydrogen-bond donors (Lipinski definition) is 1. The highest BCUT2D eigenvalue weighted by atomic mass is 35.5. The molecule has 1 aromatic carbocycles. The summed E-state index contributed by atoms with van der Waals surface area (Å²) < 4.78 is 10.9. The van der Waals surface area contributed by atoms with Crippen molar-refractivity contribution >= 4 is 17.6 Å². The van der Waals surface area contributed by atoms with E-state index in [2.05, 4.69) is 4.98 Å². The second-order valence-electron chi connectivity index (χ2n) is 4.34. The lowest BCUT2D eigenvalue weighted by Gasteiger charge is -2.09. The van der Waals surface area contributed by atoms with Gasteiger partial charge in [0.1, 0.15) is 11.5 Å². The molecule has 110 valence electrons. The Hall–Kier alpha value is -2.27. The van der Waals surface area contributed by atoms with Crippen molar-refractivity contribution in [2.45, 2.75) is 13.3 Å². The van der Waals surface area contributed by atoms with E-state index < -0.39 is 5.97 Å². The number of aliphatic carboxylic acids is 1. The summed E-state index contributed by atoms with van der Waals surface area (Å²) in [5.74, 6) is 0.793. The third-order valence-corrected chi connectivity index (χ3v) is 2.83. The predicted octanol–water partition coefficient (Wildman–Crippen LogP) is 3.69. The number of rotatable bonds is 6. The number of aromatic nitrogens is 1. The van der Waals surface area contributed by atoms with Gasteiger partial charge in [0.15, 0.2) is 0 Å². The summed E-state index contributed by atoms with van der Waals surface area (Å²) >= 11 is 5.84. The molecule has 0 aliphatic carbocycles. The highest BCUT2D eigenvalue weighted by Crippen LogP contribution is 2.26. The molecule has 1 N–H and O–H groups in total. The highest BCUT2D eigenvalue weighted by molar-refractivity contribution is 6.30. The zero-order valence-electron chi connectivity index (χ0n) is 11.4. The van der Waals surface area contributed by atoms with Crippen LogP contribution in [0.4, 0.5) is 0 Å². The third-order valence-electron chi connectivity index (χ3n) is 2.62. The number of carboxylic acid groups (broad SMARTS) is 1. The molecule has 0 atom stereocenters. The van der Waals surface area contributed by atoms with Gasteiger partial charge >= 0.3 is 5.97 Å². The van der Waals surface area contributed by atoms with E-state index in [9.17, 15) is 4.79 Å². The first-order valence-electron chi connectivity index (χ1n) is 6.29. The van der Waals surface area contributed by atoms with E-state index in [4.69, 9.17) is 26.2 Å². The second-order valence-corrected chi connectivity index (χ2v) is 4.78. The van der Waals surface area contributed by atoms with Gasteiger partial charge in [-0.05, 0) is 37.3 Å². The van der Waals surface area contributed by atoms with Crippen LogP contribution in [0.25, 0.3) is 0 Å². The Morgan fingerprint density at radius 2 is 1.95 bits per heavy atom. The Bertz CT molecular complexity index is 628. The number of hydrogen-bond acceptors (Lipinski definition) is 4. The zero-order chi connectivity index (χ0) is 15.2. The van der Waals surface area contributed by atoms with Crippen LogP contribution in [-0.4, -0.2) is 22.7 Å². The minimum Gasteiger partial charge on any atom is -0.493 e.